The van der Waals surface area contributed by atoms with Gasteiger partial charge >= 0.3 is 12.1 Å². The number of carbonyl (C=O) groups is 3. The SMILES string of the molecule is CCOC(=O)[C@@]1(NC(=O)[C@@H]2C[C@@H](Oc3cc(-c4nc(C(C)C)cs4)nc4cc(OC)ccc34)CN2C(=O)OC(C)(C)C)C[C@H]1CC. The first-order chi connectivity index (χ1) is 21.8. The molecule has 12 heteroatoms. The summed E-state index contributed by atoms with van der Waals surface area (Å²) in [5.41, 5.74) is 0.442. The Balaban J connectivity index is 1.46. The summed E-state index contributed by atoms with van der Waals surface area (Å²) in [6, 6.07) is 6.50. The first-order valence-electron chi connectivity index (χ1n) is 15.9. The van der Waals surface area contributed by atoms with E-state index in [1.54, 1.807) is 34.8 Å². The van der Waals surface area contributed by atoms with Gasteiger partial charge in [0.05, 0.1) is 31.5 Å². The van der Waals surface area contributed by atoms with Crippen LogP contribution in [-0.4, -0.2) is 76.4 Å². The summed E-state index contributed by atoms with van der Waals surface area (Å²) in [5.74, 6) is 0.566. The summed E-state index contributed by atoms with van der Waals surface area (Å²) in [6.07, 6.45) is 0.236. The van der Waals surface area contributed by atoms with Crippen molar-refractivity contribution in [1.82, 2.24) is 20.2 Å². The first kappa shape index (κ1) is 33.4. The summed E-state index contributed by atoms with van der Waals surface area (Å²) in [6.45, 7) is 13.5. The summed E-state index contributed by atoms with van der Waals surface area (Å²) in [7, 11) is 1.60. The molecule has 0 bridgehead atoms. The molecule has 2 fully saturated rings. The summed E-state index contributed by atoms with van der Waals surface area (Å²) in [4.78, 5) is 51.3. The smallest absolute Gasteiger partial charge is 0.411 e. The van der Waals surface area contributed by atoms with E-state index in [9.17, 15) is 14.4 Å². The minimum absolute atomic E-state index is 0.0282. The summed E-state index contributed by atoms with van der Waals surface area (Å²) >= 11 is 1.51. The number of carbonyl (C=O) groups excluding carboxylic acids is 3. The average molecular weight is 653 g/mol. The highest BCUT2D eigenvalue weighted by molar-refractivity contribution is 7.13. The predicted octanol–water partition coefficient (Wildman–Crippen LogP) is 6.10. The molecule has 0 unspecified atom stereocenters. The summed E-state index contributed by atoms with van der Waals surface area (Å²) < 4.78 is 23.1. The Hall–Kier alpha value is -3.93. The molecular formula is C34H44N4O7S. The van der Waals surface area contributed by atoms with E-state index in [0.29, 0.717) is 35.6 Å². The van der Waals surface area contributed by atoms with Crippen molar-refractivity contribution in [1.29, 1.82) is 0 Å². The number of hydrogen-bond acceptors (Lipinski definition) is 10. The van der Waals surface area contributed by atoms with Crippen LogP contribution in [0.2, 0.25) is 0 Å². The number of amides is 2. The predicted molar refractivity (Wildman–Crippen MR) is 175 cm³/mol. The normalized spacial score (nSPS) is 22.5. The number of esters is 1. The Bertz CT molecular complexity index is 1620. The van der Waals surface area contributed by atoms with Crippen LogP contribution in [0.3, 0.4) is 0 Å². The van der Waals surface area contributed by atoms with Crippen molar-refractivity contribution in [3.8, 4) is 22.2 Å². The number of nitrogens with zero attached hydrogens (tertiary/aromatic N) is 3. The number of benzene rings is 1. The number of hydrogen-bond donors (Lipinski definition) is 1. The Morgan fingerprint density at radius 3 is 2.52 bits per heavy atom. The monoisotopic (exact) mass is 652 g/mol. The lowest BCUT2D eigenvalue weighted by Gasteiger charge is -2.29. The third kappa shape index (κ3) is 6.91. The van der Waals surface area contributed by atoms with E-state index in [0.717, 1.165) is 16.1 Å². The molecule has 3 aromatic rings. The molecule has 1 aromatic carbocycles. The molecule has 1 N–H and O–H groups in total. The fourth-order valence-electron chi connectivity index (χ4n) is 5.85. The molecule has 2 aliphatic rings. The van der Waals surface area contributed by atoms with Crippen LogP contribution in [0.15, 0.2) is 29.6 Å². The number of methoxy groups -OCH3 is 1. The van der Waals surface area contributed by atoms with Crippen molar-refractivity contribution in [2.75, 3.05) is 20.3 Å². The van der Waals surface area contributed by atoms with Gasteiger partial charge in [0.2, 0.25) is 5.91 Å². The highest BCUT2D eigenvalue weighted by atomic mass is 32.1. The molecule has 2 aromatic heterocycles. The lowest BCUT2D eigenvalue weighted by Crippen LogP contribution is -2.54. The van der Waals surface area contributed by atoms with E-state index in [4.69, 9.17) is 28.9 Å². The molecule has 5 rings (SSSR count). The van der Waals surface area contributed by atoms with Crippen LogP contribution in [0.5, 0.6) is 11.5 Å². The molecule has 3 heterocycles. The molecule has 0 spiro atoms. The van der Waals surface area contributed by atoms with Gasteiger partial charge in [-0.1, -0.05) is 27.2 Å². The van der Waals surface area contributed by atoms with Crippen LogP contribution in [0.25, 0.3) is 21.6 Å². The second kappa shape index (κ2) is 13.1. The highest BCUT2D eigenvalue weighted by Crippen LogP contribution is 2.47. The van der Waals surface area contributed by atoms with Gasteiger partial charge < -0.3 is 24.3 Å². The van der Waals surface area contributed by atoms with Crippen molar-refractivity contribution in [3.63, 3.8) is 0 Å². The van der Waals surface area contributed by atoms with Crippen LogP contribution >= 0.6 is 11.3 Å². The Morgan fingerprint density at radius 1 is 1.15 bits per heavy atom. The molecule has 11 nitrogen and oxygen atoms in total. The third-order valence-corrected chi connectivity index (χ3v) is 9.27. The molecule has 1 saturated carbocycles. The molecular weight excluding hydrogens is 608 g/mol. The van der Waals surface area contributed by atoms with Gasteiger partial charge in [0.25, 0.3) is 0 Å². The zero-order valence-electron chi connectivity index (χ0n) is 27.8. The van der Waals surface area contributed by atoms with Crippen LogP contribution in [0, 0.1) is 5.92 Å². The average Bonchev–Trinajstić information content (AvgIpc) is 3.31. The van der Waals surface area contributed by atoms with Gasteiger partial charge in [-0.15, -0.1) is 11.3 Å². The second-order valence-electron chi connectivity index (χ2n) is 13.2. The summed E-state index contributed by atoms with van der Waals surface area (Å²) in [5, 5.41) is 6.51. The maximum Gasteiger partial charge on any atom is 0.411 e. The van der Waals surface area contributed by atoms with Crippen LogP contribution < -0.4 is 14.8 Å². The van der Waals surface area contributed by atoms with E-state index >= 15 is 0 Å². The number of fused-ring (bicyclic) bond motifs is 1. The maximum absolute atomic E-state index is 13.9. The molecule has 1 saturated heterocycles. The van der Waals surface area contributed by atoms with Gasteiger partial charge in [-0.2, -0.15) is 0 Å². The molecule has 1 aliphatic carbocycles. The second-order valence-corrected chi connectivity index (χ2v) is 14.1. The quantitative estimate of drug-likeness (QED) is 0.259. The van der Waals surface area contributed by atoms with E-state index in [2.05, 4.69) is 19.2 Å². The van der Waals surface area contributed by atoms with Gasteiger partial charge in [-0.25, -0.2) is 19.6 Å². The van der Waals surface area contributed by atoms with Gasteiger partial charge in [0, 0.05) is 29.3 Å². The van der Waals surface area contributed by atoms with Crippen LogP contribution in [-0.2, 0) is 19.1 Å². The Labute approximate surface area is 274 Å². The van der Waals surface area contributed by atoms with E-state index in [1.807, 2.05) is 36.6 Å². The number of ether oxygens (including phenoxy) is 4. The standard InChI is InChI=1S/C34H44N4O7S/c1-9-20-16-34(20,31(40)43-10-2)37-29(39)27-14-22(17-38(27)32(41)45-33(5,6)7)44-28-15-25(30-36-26(18-46-30)19(3)4)35-24-13-21(42-8)11-12-23(24)28/h11-13,15,18-20,22,27H,9-10,14,16-17H2,1-8H3,(H,37,39)/t20-,22-,27+,34-/m1/s1. The first-order valence-corrected chi connectivity index (χ1v) is 16.8. The molecule has 46 heavy (non-hydrogen) atoms. The van der Waals surface area contributed by atoms with Crippen molar-refractivity contribution in [2.24, 2.45) is 5.92 Å². The number of pyridine rings is 1. The number of likely N-dealkylation sites (tertiary alicyclic amines) is 1. The van der Waals surface area contributed by atoms with E-state index in [-0.39, 0.29) is 31.4 Å². The van der Waals surface area contributed by atoms with E-state index < -0.39 is 41.3 Å². The van der Waals surface area contributed by atoms with Crippen LogP contribution in [0.1, 0.15) is 79.3 Å². The lowest BCUT2D eigenvalue weighted by molar-refractivity contribution is -0.149. The zero-order valence-corrected chi connectivity index (χ0v) is 28.7. The number of aromatic nitrogens is 2. The Kier molecular flexibility index (Phi) is 9.49. The van der Waals surface area contributed by atoms with Crippen LogP contribution in [0.4, 0.5) is 4.79 Å². The molecule has 0 radical (unpaired) electrons. The van der Waals surface area contributed by atoms with Gasteiger partial charge in [-0.3, -0.25) is 9.69 Å². The fraction of sp³-hybridized carbons (Fsp3) is 0.559. The van der Waals surface area contributed by atoms with Crippen molar-refractivity contribution >= 4 is 40.2 Å². The number of rotatable bonds is 10. The molecule has 2 amide bonds. The maximum atomic E-state index is 13.9. The van der Waals surface area contributed by atoms with Gasteiger partial charge in [0.1, 0.15) is 45.5 Å². The third-order valence-electron chi connectivity index (χ3n) is 8.38. The minimum atomic E-state index is -1.09. The molecule has 248 valence electrons. The largest absolute Gasteiger partial charge is 0.497 e. The zero-order chi connectivity index (χ0) is 33.4. The van der Waals surface area contributed by atoms with Gasteiger partial charge in [0.15, 0.2) is 0 Å². The topological polar surface area (TPSA) is 129 Å². The van der Waals surface area contributed by atoms with Crippen molar-refractivity contribution < 1.29 is 33.3 Å². The minimum Gasteiger partial charge on any atom is -0.497 e. The number of thiazole rings is 1. The van der Waals surface area contributed by atoms with E-state index in [1.165, 1.54) is 16.2 Å². The lowest BCUT2D eigenvalue weighted by atomic mass is 10.1. The van der Waals surface area contributed by atoms with Crippen molar-refractivity contribution in [3.05, 3.63) is 35.3 Å². The molecule has 4 atom stereocenters. The Morgan fingerprint density at radius 2 is 1.91 bits per heavy atom. The fourth-order valence-corrected chi connectivity index (χ4v) is 6.79. The van der Waals surface area contributed by atoms with Gasteiger partial charge in [-0.05, 0) is 58.1 Å². The number of nitrogens with one attached hydrogen (secondary N) is 1. The highest BCUT2D eigenvalue weighted by Gasteiger charge is 2.62. The van der Waals surface area contributed by atoms with Crippen molar-refractivity contribution in [2.45, 2.75) is 96.9 Å². The molecule has 1 aliphatic heterocycles.